The lowest BCUT2D eigenvalue weighted by atomic mass is 10.1. The molecule has 1 heterocycles. The molecular weight excluding hydrogens is 202 g/mol. The predicted octanol–water partition coefficient (Wildman–Crippen LogP) is 1.40. The van der Waals surface area contributed by atoms with Gasteiger partial charge in [-0.3, -0.25) is 4.90 Å². The van der Waals surface area contributed by atoms with Gasteiger partial charge in [0.05, 0.1) is 13.2 Å². The molecule has 1 aromatic carbocycles. The molecule has 0 unspecified atom stereocenters. The minimum Gasteiger partial charge on any atom is -0.392 e. The Morgan fingerprint density at radius 1 is 1.06 bits per heavy atom. The van der Waals surface area contributed by atoms with Crippen molar-refractivity contribution in [2.75, 3.05) is 26.3 Å². The van der Waals surface area contributed by atoms with Crippen LogP contribution >= 0.6 is 0 Å². The lowest BCUT2D eigenvalue weighted by molar-refractivity contribution is 0.140. The molecule has 2 rings (SSSR count). The summed E-state index contributed by atoms with van der Waals surface area (Å²) in [6.45, 7) is 4.96. The van der Waals surface area contributed by atoms with Gasteiger partial charge in [0.25, 0.3) is 0 Å². The average Bonchev–Trinajstić information content (AvgIpc) is 2.59. The van der Waals surface area contributed by atoms with E-state index in [4.69, 9.17) is 9.84 Å². The average molecular weight is 221 g/mol. The molecule has 1 fully saturated rings. The molecule has 1 aromatic rings. The molecule has 1 aliphatic heterocycles. The lowest BCUT2D eigenvalue weighted by Gasteiger charge is -2.19. The molecule has 0 bridgehead atoms. The van der Waals surface area contributed by atoms with Crippen molar-refractivity contribution in [2.45, 2.75) is 19.6 Å². The van der Waals surface area contributed by atoms with Crippen molar-refractivity contribution < 1.29 is 9.84 Å². The largest absolute Gasteiger partial charge is 0.392 e. The smallest absolute Gasteiger partial charge is 0.0681 e. The Balaban J connectivity index is 1.91. The van der Waals surface area contributed by atoms with E-state index in [2.05, 4.69) is 17.0 Å². The molecule has 3 heteroatoms. The van der Waals surface area contributed by atoms with Crippen LogP contribution in [0.5, 0.6) is 0 Å². The Bertz CT molecular complexity index is 302. The van der Waals surface area contributed by atoms with E-state index in [1.54, 1.807) is 0 Å². The number of aliphatic hydroxyl groups excluding tert-OH is 1. The summed E-state index contributed by atoms with van der Waals surface area (Å²) in [5.41, 5.74) is 2.28. The van der Waals surface area contributed by atoms with E-state index >= 15 is 0 Å². The summed E-state index contributed by atoms with van der Waals surface area (Å²) < 4.78 is 5.42. The van der Waals surface area contributed by atoms with Gasteiger partial charge in [-0.25, -0.2) is 0 Å². The molecule has 0 aromatic heterocycles. The van der Waals surface area contributed by atoms with Crippen LogP contribution in [0.25, 0.3) is 0 Å². The minimum atomic E-state index is 0.123. The summed E-state index contributed by atoms with van der Waals surface area (Å²) in [6, 6.07) is 8.17. The van der Waals surface area contributed by atoms with Crippen LogP contribution in [0.15, 0.2) is 24.3 Å². The number of rotatable bonds is 3. The van der Waals surface area contributed by atoms with Crippen LogP contribution in [0, 0.1) is 0 Å². The van der Waals surface area contributed by atoms with Gasteiger partial charge in [0.1, 0.15) is 0 Å². The van der Waals surface area contributed by atoms with E-state index in [-0.39, 0.29) is 6.61 Å². The van der Waals surface area contributed by atoms with Gasteiger partial charge in [-0.05, 0) is 17.5 Å². The highest BCUT2D eigenvalue weighted by atomic mass is 16.5. The number of hydrogen-bond acceptors (Lipinski definition) is 3. The molecule has 1 aliphatic rings. The normalized spacial score (nSPS) is 18.3. The first-order valence-electron chi connectivity index (χ1n) is 5.87. The van der Waals surface area contributed by atoms with Crippen LogP contribution in [-0.2, 0) is 17.9 Å². The van der Waals surface area contributed by atoms with Crippen molar-refractivity contribution in [1.29, 1.82) is 0 Å². The maximum absolute atomic E-state index is 8.96. The molecule has 3 nitrogen and oxygen atoms in total. The number of benzene rings is 1. The van der Waals surface area contributed by atoms with Crippen molar-refractivity contribution in [3.63, 3.8) is 0 Å². The third-order valence-corrected chi connectivity index (χ3v) is 2.93. The molecule has 0 spiro atoms. The van der Waals surface area contributed by atoms with Crippen LogP contribution in [0.3, 0.4) is 0 Å². The summed E-state index contributed by atoms with van der Waals surface area (Å²) in [5.74, 6) is 0. The molecule has 16 heavy (non-hydrogen) atoms. The monoisotopic (exact) mass is 221 g/mol. The quantitative estimate of drug-likeness (QED) is 0.837. The highest BCUT2D eigenvalue weighted by molar-refractivity contribution is 5.21. The van der Waals surface area contributed by atoms with Crippen molar-refractivity contribution in [1.82, 2.24) is 4.90 Å². The van der Waals surface area contributed by atoms with Crippen LogP contribution in [0.2, 0.25) is 0 Å². The summed E-state index contributed by atoms with van der Waals surface area (Å²) in [4.78, 5) is 2.42. The molecule has 0 aliphatic carbocycles. The van der Waals surface area contributed by atoms with Gasteiger partial charge in [-0.1, -0.05) is 24.3 Å². The molecule has 88 valence electrons. The van der Waals surface area contributed by atoms with Gasteiger partial charge in [-0.2, -0.15) is 0 Å². The van der Waals surface area contributed by atoms with Gasteiger partial charge in [0, 0.05) is 26.2 Å². The number of nitrogens with zero attached hydrogens (tertiary/aromatic N) is 1. The predicted molar refractivity (Wildman–Crippen MR) is 63.1 cm³/mol. The van der Waals surface area contributed by atoms with Crippen molar-refractivity contribution in [2.24, 2.45) is 0 Å². The molecule has 0 amide bonds. The Morgan fingerprint density at radius 2 is 1.81 bits per heavy atom. The zero-order valence-electron chi connectivity index (χ0n) is 9.56. The van der Waals surface area contributed by atoms with E-state index in [0.717, 1.165) is 44.8 Å². The SMILES string of the molecule is OCc1ccc(CN2CCCOCC2)cc1. The first-order chi connectivity index (χ1) is 7.88. The zero-order valence-corrected chi connectivity index (χ0v) is 9.56. The standard InChI is InChI=1S/C13H19NO2/c15-11-13-4-2-12(3-5-13)10-14-6-1-8-16-9-7-14/h2-5,15H,1,6-11H2. The fourth-order valence-corrected chi connectivity index (χ4v) is 1.96. The van der Waals surface area contributed by atoms with Crippen LogP contribution < -0.4 is 0 Å². The first kappa shape index (κ1) is 11.6. The zero-order chi connectivity index (χ0) is 11.2. The minimum absolute atomic E-state index is 0.123. The number of ether oxygens (including phenoxy) is 1. The first-order valence-corrected chi connectivity index (χ1v) is 5.87. The fraction of sp³-hybridized carbons (Fsp3) is 0.538. The molecule has 0 saturated carbocycles. The van der Waals surface area contributed by atoms with Crippen LogP contribution in [0.1, 0.15) is 17.5 Å². The molecule has 0 atom stereocenters. The summed E-state index contributed by atoms with van der Waals surface area (Å²) in [7, 11) is 0. The molecule has 0 radical (unpaired) electrons. The van der Waals surface area contributed by atoms with Crippen molar-refractivity contribution in [3.8, 4) is 0 Å². The topological polar surface area (TPSA) is 32.7 Å². The van der Waals surface area contributed by atoms with Crippen molar-refractivity contribution in [3.05, 3.63) is 35.4 Å². The maximum atomic E-state index is 8.96. The molecular formula is C13H19NO2. The van der Waals surface area contributed by atoms with E-state index in [0.29, 0.717) is 0 Å². The number of hydrogen-bond donors (Lipinski definition) is 1. The van der Waals surface area contributed by atoms with Gasteiger partial charge >= 0.3 is 0 Å². The third-order valence-electron chi connectivity index (χ3n) is 2.93. The third kappa shape index (κ3) is 3.30. The Morgan fingerprint density at radius 3 is 2.56 bits per heavy atom. The Kier molecular flexibility index (Phi) is 4.34. The summed E-state index contributed by atoms with van der Waals surface area (Å²) >= 11 is 0. The van der Waals surface area contributed by atoms with Gasteiger partial charge < -0.3 is 9.84 Å². The number of aliphatic hydroxyl groups is 1. The van der Waals surface area contributed by atoms with E-state index in [1.807, 2.05) is 12.1 Å². The highest BCUT2D eigenvalue weighted by Crippen LogP contribution is 2.09. The second-order valence-corrected chi connectivity index (χ2v) is 4.22. The second kappa shape index (κ2) is 5.99. The molecule has 1 N–H and O–H groups in total. The van der Waals surface area contributed by atoms with Crippen LogP contribution in [0.4, 0.5) is 0 Å². The van der Waals surface area contributed by atoms with Crippen molar-refractivity contribution >= 4 is 0 Å². The lowest BCUT2D eigenvalue weighted by Crippen LogP contribution is -2.25. The second-order valence-electron chi connectivity index (χ2n) is 4.22. The van der Waals surface area contributed by atoms with Gasteiger partial charge in [-0.15, -0.1) is 0 Å². The van der Waals surface area contributed by atoms with Crippen LogP contribution in [-0.4, -0.2) is 36.3 Å². The summed E-state index contributed by atoms with van der Waals surface area (Å²) in [5, 5.41) is 8.96. The van der Waals surface area contributed by atoms with E-state index in [9.17, 15) is 0 Å². The molecule has 1 saturated heterocycles. The van der Waals surface area contributed by atoms with E-state index < -0.39 is 0 Å². The Hall–Kier alpha value is -0.900. The highest BCUT2D eigenvalue weighted by Gasteiger charge is 2.09. The fourth-order valence-electron chi connectivity index (χ4n) is 1.96. The van der Waals surface area contributed by atoms with E-state index in [1.165, 1.54) is 5.56 Å². The van der Waals surface area contributed by atoms with Gasteiger partial charge in [0.15, 0.2) is 0 Å². The Labute approximate surface area is 96.6 Å². The van der Waals surface area contributed by atoms with Gasteiger partial charge in [0.2, 0.25) is 0 Å². The summed E-state index contributed by atoms with van der Waals surface area (Å²) in [6.07, 6.45) is 1.12. The maximum Gasteiger partial charge on any atom is 0.0681 e.